The number of nitrogens with zero attached hydrogens (tertiary/aromatic N) is 6. The zero-order chi connectivity index (χ0) is 20.2. The predicted octanol–water partition coefficient (Wildman–Crippen LogP) is 3.62. The molecule has 1 aliphatic rings. The molecular weight excluding hydrogens is 404 g/mol. The number of thiazole rings is 1. The standard InChI is InChI=1S/C20H22N6OS2/c1-15-5-6-21-18(12-15)24-7-9-25(10-8-24)19-14-22-20(29-19)26(16(2)27)23-13-17-4-3-11-28-17/h3-6,11-14H,7-10H2,1-2H3/b23-13+. The SMILES string of the molecule is CC(=O)N(/N=C/c1cccs1)c1ncc(N2CCN(c3cc(C)ccn3)CC2)s1. The summed E-state index contributed by atoms with van der Waals surface area (Å²) in [5.74, 6) is 0.870. The maximum absolute atomic E-state index is 12.1. The van der Waals surface area contributed by atoms with Gasteiger partial charge in [-0.25, -0.2) is 9.97 Å². The van der Waals surface area contributed by atoms with E-state index in [2.05, 4.69) is 37.9 Å². The van der Waals surface area contributed by atoms with Crippen molar-refractivity contribution in [3.8, 4) is 0 Å². The van der Waals surface area contributed by atoms with Gasteiger partial charge in [0.25, 0.3) is 0 Å². The molecule has 0 unspecified atom stereocenters. The molecule has 0 radical (unpaired) electrons. The Balaban J connectivity index is 1.42. The molecule has 150 valence electrons. The number of carbonyl (C=O) groups excluding carboxylic acids is 1. The fourth-order valence-corrected chi connectivity index (χ4v) is 4.65. The van der Waals surface area contributed by atoms with Crippen molar-refractivity contribution in [1.82, 2.24) is 9.97 Å². The van der Waals surface area contributed by atoms with Gasteiger partial charge in [-0.15, -0.1) is 11.3 Å². The third kappa shape index (κ3) is 4.63. The Morgan fingerprint density at radius 3 is 2.69 bits per heavy atom. The number of hydrazone groups is 1. The Labute approximate surface area is 177 Å². The molecule has 7 nitrogen and oxygen atoms in total. The van der Waals surface area contributed by atoms with Crippen molar-refractivity contribution >= 4 is 50.7 Å². The molecule has 1 fully saturated rings. The Kier molecular flexibility index (Phi) is 5.86. The number of thiophene rings is 1. The van der Waals surface area contributed by atoms with E-state index in [9.17, 15) is 4.79 Å². The minimum Gasteiger partial charge on any atom is -0.359 e. The van der Waals surface area contributed by atoms with Gasteiger partial charge in [0.2, 0.25) is 11.0 Å². The van der Waals surface area contributed by atoms with Crippen molar-refractivity contribution in [2.75, 3.05) is 41.0 Å². The maximum atomic E-state index is 12.1. The Hall–Kier alpha value is -2.78. The zero-order valence-corrected chi connectivity index (χ0v) is 18.0. The number of anilines is 3. The molecule has 9 heteroatoms. The van der Waals surface area contributed by atoms with Gasteiger partial charge in [0.1, 0.15) is 10.8 Å². The summed E-state index contributed by atoms with van der Waals surface area (Å²) >= 11 is 3.06. The minimum absolute atomic E-state index is 0.158. The van der Waals surface area contributed by atoms with Crippen LogP contribution in [0.5, 0.6) is 0 Å². The topological polar surface area (TPSA) is 64.9 Å². The van der Waals surface area contributed by atoms with Crippen LogP contribution in [0.1, 0.15) is 17.4 Å². The first-order valence-corrected chi connectivity index (χ1v) is 11.1. The average Bonchev–Trinajstić information content (AvgIpc) is 3.40. The highest BCUT2D eigenvalue weighted by Gasteiger charge is 2.22. The van der Waals surface area contributed by atoms with E-state index in [1.54, 1.807) is 17.6 Å². The molecule has 1 saturated heterocycles. The van der Waals surface area contributed by atoms with Gasteiger partial charge in [-0.1, -0.05) is 17.4 Å². The summed E-state index contributed by atoms with van der Waals surface area (Å²) in [6, 6.07) is 8.05. The smallest absolute Gasteiger partial charge is 0.246 e. The molecule has 3 aromatic rings. The molecule has 0 saturated carbocycles. The second kappa shape index (κ2) is 8.71. The normalized spacial score (nSPS) is 14.6. The molecule has 0 N–H and O–H groups in total. The third-order valence-corrected chi connectivity index (χ3v) is 6.46. The average molecular weight is 427 g/mol. The second-order valence-corrected chi connectivity index (χ2v) is 8.70. The van der Waals surface area contributed by atoms with E-state index in [0.717, 1.165) is 41.9 Å². The van der Waals surface area contributed by atoms with Gasteiger partial charge in [-0.3, -0.25) is 4.79 Å². The number of amides is 1. The van der Waals surface area contributed by atoms with Crippen LogP contribution < -0.4 is 14.8 Å². The lowest BCUT2D eigenvalue weighted by atomic mass is 10.2. The molecule has 29 heavy (non-hydrogen) atoms. The van der Waals surface area contributed by atoms with Crippen LogP contribution in [0.25, 0.3) is 0 Å². The molecule has 0 aromatic carbocycles. The number of aromatic nitrogens is 2. The van der Waals surface area contributed by atoms with E-state index in [1.165, 1.54) is 28.8 Å². The minimum atomic E-state index is -0.158. The van der Waals surface area contributed by atoms with Crippen LogP contribution in [0.15, 0.2) is 47.1 Å². The summed E-state index contributed by atoms with van der Waals surface area (Å²) in [5, 5.41) is 9.31. The molecule has 4 rings (SSSR count). The highest BCUT2D eigenvalue weighted by molar-refractivity contribution is 7.19. The first-order valence-electron chi connectivity index (χ1n) is 9.37. The number of hydrogen-bond donors (Lipinski definition) is 0. The Bertz CT molecular complexity index is 992. The number of pyridine rings is 1. The lowest BCUT2D eigenvalue weighted by molar-refractivity contribution is -0.116. The van der Waals surface area contributed by atoms with Crippen LogP contribution in [0.4, 0.5) is 16.0 Å². The number of aryl methyl sites for hydroxylation is 1. The summed E-state index contributed by atoms with van der Waals surface area (Å²) in [7, 11) is 0. The van der Waals surface area contributed by atoms with Crippen LogP contribution in [0, 0.1) is 6.92 Å². The highest BCUT2D eigenvalue weighted by atomic mass is 32.1. The van der Waals surface area contributed by atoms with Crippen LogP contribution >= 0.6 is 22.7 Å². The fraction of sp³-hybridized carbons (Fsp3) is 0.300. The van der Waals surface area contributed by atoms with Crippen LogP contribution in [-0.2, 0) is 4.79 Å². The van der Waals surface area contributed by atoms with Gasteiger partial charge in [0.05, 0.1) is 12.4 Å². The van der Waals surface area contributed by atoms with E-state index < -0.39 is 0 Å². The summed E-state index contributed by atoms with van der Waals surface area (Å²) in [4.78, 5) is 26.6. The lowest BCUT2D eigenvalue weighted by Crippen LogP contribution is -2.46. The van der Waals surface area contributed by atoms with E-state index in [1.807, 2.05) is 36.0 Å². The van der Waals surface area contributed by atoms with Gasteiger partial charge >= 0.3 is 0 Å². The van der Waals surface area contributed by atoms with Gasteiger partial charge in [-0.2, -0.15) is 10.1 Å². The van der Waals surface area contributed by atoms with Crippen molar-refractivity contribution in [2.24, 2.45) is 5.10 Å². The van der Waals surface area contributed by atoms with Crippen molar-refractivity contribution in [3.05, 3.63) is 52.5 Å². The molecule has 3 aromatic heterocycles. The molecular formula is C20H22N6OS2. The number of rotatable bonds is 5. The fourth-order valence-electron chi connectivity index (χ4n) is 3.09. The van der Waals surface area contributed by atoms with Crippen LogP contribution in [0.3, 0.4) is 0 Å². The van der Waals surface area contributed by atoms with Crippen molar-refractivity contribution in [3.63, 3.8) is 0 Å². The molecule has 1 amide bonds. The summed E-state index contributed by atoms with van der Waals surface area (Å²) < 4.78 is 0. The molecule has 0 spiro atoms. The Morgan fingerprint density at radius 1 is 1.21 bits per heavy atom. The molecule has 0 atom stereocenters. The second-order valence-electron chi connectivity index (χ2n) is 6.74. The van der Waals surface area contributed by atoms with Gasteiger partial charge in [-0.05, 0) is 36.1 Å². The maximum Gasteiger partial charge on any atom is 0.246 e. The third-order valence-electron chi connectivity index (χ3n) is 4.62. The van der Waals surface area contributed by atoms with Crippen LogP contribution in [0.2, 0.25) is 0 Å². The predicted molar refractivity (Wildman–Crippen MR) is 121 cm³/mol. The van der Waals surface area contributed by atoms with Crippen LogP contribution in [-0.4, -0.2) is 48.3 Å². The first-order chi connectivity index (χ1) is 14.1. The summed E-state index contributed by atoms with van der Waals surface area (Å²) in [5.41, 5.74) is 1.22. The molecule has 4 heterocycles. The molecule has 0 aliphatic carbocycles. The largest absolute Gasteiger partial charge is 0.359 e. The van der Waals surface area contributed by atoms with E-state index in [0.29, 0.717) is 5.13 Å². The number of hydrogen-bond acceptors (Lipinski definition) is 8. The number of carbonyl (C=O) groups is 1. The Morgan fingerprint density at radius 2 is 2.00 bits per heavy atom. The number of piperazine rings is 1. The van der Waals surface area contributed by atoms with E-state index in [-0.39, 0.29) is 5.91 Å². The zero-order valence-electron chi connectivity index (χ0n) is 16.4. The quantitative estimate of drug-likeness (QED) is 0.461. The molecule has 1 aliphatic heterocycles. The van der Waals surface area contributed by atoms with Gasteiger partial charge in [0, 0.05) is 44.2 Å². The first kappa shape index (κ1) is 19.5. The van der Waals surface area contributed by atoms with Gasteiger partial charge < -0.3 is 9.80 Å². The van der Waals surface area contributed by atoms with Crippen molar-refractivity contribution < 1.29 is 4.79 Å². The van der Waals surface area contributed by atoms with Crippen molar-refractivity contribution in [2.45, 2.75) is 13.8 Å². The highest BCUT2D eigenvalue weighted by Crippen LogP contribution is 2.31. The van der Waals surface area contributed by atoms with E-state index in [4.69, 9.17) is 0 Å². The summed E-state index contributed by atoms with van der Waals surface area (Å²) in [6.07, 6.45) is 5.39. The van der Waals surface area contributed by atoms with Crippen molar-refractivity contribution in [1.29, 1.82) is 0 Å². The molecule has 0 bridgehead atoms. The lowest BCUT2D eigenvalue weighted by Gasteiger charge is -2.35. The van der Waals surface area contributed by atoms with E-state index >= 15 is 0 Å². The van der Waals surface area contributed by atoms with Gasteiger partial charge in [0.15, 0.2) is 0 Å². The monoisotopic (exact) mass is 426 g/mol. The summed E-state index contributed by atoms with van der Waals surface area (Å²) in [6.45, 7) is 7.15.